The van der Waals surface area contributed by atoms with Crippen LogP contribution in [0.3, 0.4) is 0 Å². The highest BCUT2D eigenvalue weighted by Gasteiger charge is 2.23. The Morgan fingerprint density at radius 2 is 1.07 bits per heavy atom. The van der Waals surface area contributed by atoms with Crippen molar-refractivity contribution in [2.24, 2.45) is 17.8 Å². The van der Waals surface area contributed by atoms with Crippen LogP contribution in [0.5, 0.6) is 0 Å². The van der Waals surface area contributed by atoms with Crippen molar-refractivity contribution >= 4 is 85.8 Å². The van der Waals surface area contributed by atoms with Crippen molar-refractivity contribution < 1.29 is 0 Å². The molecule has 0 N–H and O–H groups in total. The van der Waals surface area contributed by atoms with Gasteiger partial charge in [-0.1, -0.05) is 131 Å². The third-order valence-corrected chi connectivity index (χ3v) is 17.3. The number of pyridine rings is 1. The van der Waals surface area contributed by atoms with E-state index in [4.69, 9.17) is 0 Å². The summed E-state index contributed by atoms with van der Waals surface area (Å²) in [5.41, 5.74) is 4.53. The van der Waals surface area contributed by atoms with Crippen LogP contribution in [0.15, 0.2) is 39.8 Å². The van der Waals surface area contributed by atoms with Crippen molar-refractivity contribution in [3.63, 3.8) is 0 Å². The normalized spacial score (nSPS) is 13.9. The van der Waals surface area contributed by atoms with Gasteiger partial charge in [-0.3, -0.25) is 4.79 Å². The molecule has 0 bridgehead atoms. The molecule has 6 rings (SSSR count). The Labute approximate surface area is 348 Å². The molecular weight excluding hydrogens is 747 g/mol. The molecule has 6 heteroatoms. The van der Waals surface area contributed by atoms with Crippen LogP contribution >= 0.6 is 45.3 Å². The molecule has 55 heavy (non-hydrogen) atoms. The first-order valence-electron chi connectivity index (χ1n) is 22.4. The first-order chi connectivity index (χ1) is 27.0. The van der Waals surface area contributed by atoms with Crippen LogP contribution < -0.4 is 5.56 Å². The van der Waals surface area contributed by atoms with E-state index in [0.29, 0.717) is 5.92 Å². The van der Waals surface area contributed by atoms with E-state index in [2.05, 4.69) is 81.1 Å². The van der Waals surface area contributed by atoms with Gasteiger partial charge in [-0.2, -0.15) is 0 Å². The van der Waals surface area contributed by atoms with Crippen molar-refractivity contribution in [1.82, 2.24) is 4.57 Å². The highest BCUT2D eigenvalue weighted by Crippen LogP contribution is 2.47. The van der Waals surface area contributed by atoms with E-state index in [1.54, 1.807) is 11.1 Å². The molecule has 2 nitrogen and oxygen atoms in total. The SMILES string of the molecule is CCCCCCC(CCCC)Cn1c(=O)c2cc(-c3cc4c(CCC(CC)CCCC)c5sccc5c(CCC(CC)CCCC)c4s3)sc2c2sccc21. The summed E-state index contributed by atoms with van der Waals surface area (Å²) >= 11 is 7.67. The Hall–Kier alpha value is -1.99. The first kappa shape index (κ1) is 42.6. The zero-order valence-electron chi connectivity index (χ0n) is 35.0. The monoisotopic (exact) mass is 815 g/mol. The fourth-order valence-corrected chi connectivity index (χ4v) is 13.7. The summed E-state index contributed by atoms with van der Waals surface area (Å²) in [5, 5.41) is 8.50. The molecule has 0 aliphatic rings. The van der Waals surface area contributed by atoms with Crippen LogP contribution in [0.4, 0.5) is 0 Å². The summed E-state index contributed by atoms with van der Waals surface area (Å²) in [4.78, 5) is 17.2. The average Bonchev–Trinajstić information content (AvgIpc) is 4.03. The van der Waals surface area contributed by atoms with Gasteiger partial charge in [0, 0.05) is 25.7 Å². The number of fused-ring (bicyclic) bond motifs is 5. The molecule has 5 heterocycles. The van der Waals surface area contributed by atoms with Crippen LogP contribution in [-0.2, 0) is 19.4 Å². The van der Waals surface area contributed by atoms with Gasteiger partial charge in [0.25, 0.3) is 5.56 Å². The predicted molar refractivity (Wildman–Crippen MR) is 253 cm³/mol. The zero-order chi connectivity index (χ0) is 38.7. The van der Waals surface area contributed by atoms with Crippen molar-refractivity contribution in [3.8, 4) is 9.75 Å². The Bertz CT molecular complexity index is 2070. The second-order valence-corrected chi connectivity index (χ2v) is 20.6. The van der Waals surface area contributed by atoms with Gasteiger partial charge >= 0.3 is 0 Å². The number of hydrogen-bond donors (Lipinski definition) is 0. The summed E-state index contributed by atoms with van der Waals surface area (Å²) in [5.74, 6) is 2.15. The standard InChI is InChI=1S/C49H69NOS4/c1-7-13-17-18-22-36(21-16-10-4)33-50-42-28-30-53-48(42)47-41(49(50)51)32-44(55-47)43-31-40-38(26-24-35(12-6)20-15-9-3)45-39(27-29-52-45)37(46(40)54-43)25-23-34(11-5)19-14-8-2/h27-32,34-36H,7-26,33H2,1-6H3. The number of nitrogens with zero attached hydrogens (tertiary/aromatic N) is 1. The van der Waals surface area contributed by atoms with Crippen molar-refractivity contribution in [2.75, 3.05) is 0 Å². The lowest BCUT2D eigenvalue weighted by Gasteiger charge is -2.19. The molecule has 0 aliphatic heterocycles. The van der Waals surface area contributed by atoms with E-state index < -0.39 is 0 Å². The van der Waals surface area contributed by atoms with E-state index in [1.165, 1.54) is 155 Å². The minimum absolute atomic E-state index is 0.219. The quantitative estimate of drug-likeness (QED) is 0.0528. The number of benzene rings is 1. The smallest absolute Gasteiger partial charge is 0.259 e. The summed E-state index contributed by atoms with van der Waals surface area (Å²) in [6.45, 7) is 14.9. The van der Waals surface area contributed by atoms with Gasteiger partial charge in [-0.15, -0.1) is 45.3 Å². The fourth-order valence-electron chi connectivity index (χ4n) is 9.17. The molecule has 3 unspecified atom stereocenters. The number of aromatic nitrogens is 1. The largest absolute Gasteiger partial charge is 0.307 e. The lowest BCUT2D eigenvalue weighted by Crippen LogP contribution is -2.24. The molecule has 0 amide bonds. The van der Waals surface area contributed by atoms with Crippen LogP contribution in [0.2, 0.25) is 0 Å². The van der Waals surface area contributed by atoms with E-state index in [0.717, 1.165) is 42.1 Å². The maximum atomic E-state index is 14.6. The summed E-state index contributed by atoms with van der Waals surface area (Å²) in [6.07, 6.45) is 25.4. The van der Waals surface area contributed by atoms with Crippen LogP contribution in [0.1, 0.15) is 168 Å². The van der Waals surface area contributed by atoms with E-state index in [9.17, 15) is 4.79 Å². The van der Waals surface area contributed by atoms with E-state index in [-0.39, 0.29) is 5.56 Å². The van der Waals surface area contributed by atoms with Gasteiger partial charge in [0.1, 0.15) is 0 Å². The zero-order valence-corrected chi connectivity index (χ0v) is 38.3. The van der Waals surface area contributed by atoms with Crippen molar-refractivity contribution in [1.29, 1.82) is 0 Å². The molecule has 0 aliphatic carbocycles. The Morgan fingerprint density at radius 3 is 1.71 bits per heavy atom. The Morgan fingerprint density at radius 1 is 0.527 bits per heavy atom. The summed E-state index contributed by atoms with van der Waals surface area (Å²) in [6, 6.07) is 9.48. The maximum absolute atomic E-state index is 14.6. The lowest BCUT2D eigenvalue weighted by atomic mass is 9.88. The minimum atomic E-state index is 0.219. The maximum Gasteiger partial charge on any atom is 0.259 e. The Balaban J connectivity index is 1.43. The molecule has 0 radical (unpaired) electrons. The second kappa shape index (κ2) is 21.1. The molecule has 0 fully saturated rings. The molecule has 1 aromatic carbocycles. The average molecular weight is 816 g/mol. The van der Waals surface area contributed by atoms with Gasteiger partial charge in [0.2, 0.25) is 0 Å². The van der Waals surface area contributed by atoms with E-state index >= 15 is 0 Å². The van der Waals surface area contributed by atoms with Crippen molar-refractivity contribution in [3.05, 3.63) is 56.5 Å². The Kier molecular flexibility index (Phi) is 16.4. The molecule has 6 aromatic rings. The molecule has 0 saturated carbocycles. The molecule has 0 spiro atoms. The van der Waals surface area contributed by atoms with Gasteiger partial charge in [0.05, 0.1) is 20.3 Å². The van der Waals surface area contributed by atoms with E-state index in [1.807, 2.05) is 45.3 Å². The van der Waals surface area contributed by atoms with Crippen molar-refractivity contribution in [2.45, 2.75) is 177 Å². The van der Waals surface area contributed by atoms with Gasteiger partial charge in [-0.05, 0) is 113 Å². The van der Waals surface area contributed by atoms with Gasteiger partial charge < -0.3 is 4.57 Å². The van der Waals surface area contributed by atoms with Crippen LogP contribution in [-0.4, -0.2) is 4.57 Å². The summed E-state index contributed by atoms with van der Waals surface area (Å²) < 4.78 is 7.71. The first-order valence-corrected chi connectivity index (χ1v) is 25.8. The molecule has 5 aromatic heterocycles. The van der Waals surface area contributed by atoms with Gasteiger partial charge in [-0.25, -0.2) is 0 Å². The van der Waals surface area contributed by atoms with Crippen LogP contribution in [0, 0.1) is 17.8 Å². The third-order valence-electron chi connectivity index (χ3n) is 12.8. The minimum Gasteiger partial charge on any atom is -0.307 e. The highest BCUT2D eigenvalue weighted by molar-refractivity contribution is 7.31. The molecule has 3 atom stereocenters. The molecule has 0 saturated heterocycles. The summed E-state index contributed by atoms with van der Waals surface area (Å²) in [7, 11) is 0. The lowest BCUT2D eigenvalue weighted by molar-refractivity contribution is 0.364. The fraction of sp³-hybridized carbons (Fsp3) is 0.612. The third kappa shape index (κ3) is 10.0. The molecule has 300 valence electrons. The number of unbranched alkanes of at least 4 members (excludes halogenated alkanes) is 6. The number of thiophene rings is 4. The van der Waals surface area contributed by atoms with Gasteiger partial charge in [0.15, 0.2) is 0 Å². The topological polar surface area (TPSA) is 22.0 Å². The predicted octanol–water partition coefficient (Wildman–Crippen LogP) is 17.4. The van der Waals surface area contributed by atoms with Crippen LogP contribution in [0.25, 0.3) is 50.2 Å². The number of hydrogen-bond acceptors (Lipinski definition) is 5. The highest BCUT2D eigenvalue weighted by atomic mass is 32.1. The second-order valence-electron chi connectivity index (χ2n) is 16.6. The number of aryl methyl sites for hydroxylation is 2. The molecular formula is C49H69NOS4. The number of rotatable bonds is 25.